The largest absolute Gasteiger partial charge is 0.497 e. The fourth-order valence-electron chi connectivity index (χ4n) is 3.77. The van der Waals surface area contributed by atoms with E-state index in [2.05, 4.69) is 39.4 Å². The molecule has 0 atom stereocenters. The Labute approximate surface area is 142 Å². The van der Waals surface area contributed by atoms with E-state index in [0.29, 0.717) is 5.92 Å². The number of fused-ring (bicyclic) bond motifs is 1. The first-order chi connectivity index (χ1) is 11.7. The molecule has 2 aromatic heterocycles. The second-order valence-electron chi connectivity index (χ2n) is 6.65. The van der Waals surface area contributed by atoms with Gasteiger partial charge in [0, 0.05) is 36.9 Å². The summed E-state index contributed by atoms with van der Waals surface area (Å²) in [6, 6.07) is 8.38. The molecule has 1 aromatic carbocycles. The number of aryl methyl sites for hydroxylation is 1. The molecular weight excluding hydrogens is 300 g/mol. The van der Waals surface area contributed by atoms with E-state index in [1.807, 2.05) is 24.0 Å². The first-order valence-corrected chi connectivity index (χ1v) is 8.59. The summed E-state index contributed by atoms with van der Waals surface area (Å²) >= 11 is 0. The molecule has 3 heterocycles. The maximum atomic E-state index is 5.39. The van der Waals surface area contributed by atoms with Crippen LogP contribution in [0.3, 0.4) is 0 Å². The van der Waals surface area contributed by atoms with Gasteiger partial charge in [0.2, 0.25) is 0 Å². The Morgan fingerprint density at radius 1 is 1.25 bits per heavy atom. The number of H-pyrrole nitrogens is 1. The third-order valence-corrected chi connectivity index (χ3v) is 5.26. The van der Waals surface area contributed by atoms with Crippen LogP contribution in [0.1, 0.15) is 30.0 Å². The standard InChI is InChI=1S/C19H24N4O/c1-22-15(5-8-21-22)13-23-9-6-14(7-10-23)18-12-20-19-4-3-16(24-2)11-17(18)19/h3-5,8,11-12,14,20H,6-7,9-10,13H2,1-2H3. The van der Waals surface area contributed by atoms with Crippen LogP contribution >= 0.6 is 0 Å². The van der Waals surface area contributed by atoms with Gasteiger partial charge in [0.15, 0.2) is 0 Å². The average molecular weight is 324 g/mol. The molecule has 0 unspecified atom stereocenters. The zero-order valence-corrected chi connectivity index (χ0v) is 14.3. The molecule has 0 aliphatic carbocycles. The minimum Gasteiger partial charge on any atom is -0.497 e. The Morgan fingerprint density at radius 3 is 2.79 bits per heavy atom. The highest BCUT2D eigenvalue weighted by molar-refractivity contribution is 5.85. The quantitative estimate of drug-likeness (QED) is 0.801. The van der Waals surface area contributed by atoms with E-state index < -0.39 is 0 Å². The Balaban J connectivity index is 1.47. The van der Waals surface area contributed by atoms with Crippen LogP contribution in [0.25, 0.3) is 10.9 Å². The van der Waals surface area contributed by atoms with Crippen LogP contribution in [-0.2, 0) is 13.6 Å². The topological polar surface area (TPSA) is 46.1 Å². The number of nitrogens with one attached hydrogen (secondary N) is 1. The summed E-state index contributed by atoms with van der Waals surface area (Å²) in [6.45, 7) is 3.25. The molecule has 0 spiro atoms. The lowest BCUT2D eigenvalue weighted by Crippen LogP contribution is -2.33. The highest BCUT2D eigenvalue weighted by atomic mass is 16.5. The smallest absolute Gasteiger partial charge is 0.119 e. The summed E-state index contributed by atoms with van der Waals surface area (Å²) in [4.78, 5) is 5.94. The minimum absolute atomic E-state index is 0.619. The van der Waals surface area contributed by atoms with E-state index in [9.17, 15) is 0 Å². The van der Waals surface area contributed by atoms with Crippen LogP contribution in [0.4, 0.5) is 0 Å². The molecule has 0 radical (unpaired) electrons. The first-order valence-electron chi connectivity index (χ1n) is 8.59. The monoisotopic (exact) mass is 324 g/mol. The molecule has 5 nitrogen and oxygen atoms in total. The van der Waals surface area contributed by atoms with Gasteiger partial charge in [-0.2, -0.15) is 5.10 Å². The molecule has 5 heteroatoms. The van der Waals surface area contributed by atoms with Crippen molar-refractivity contribution in [1.82, 2.24) is 19.7 Å². The van der Waals surface area contributed by atoms with Crippen molar-refractivity contribution in [2.24, 2.45) is 7.05 Å². The Kier molecular flexibility index (Phi) is 4.02. The normalized spacial score (nSPS) is 16.8. The maximum absolute atomic E-state index is 5.39. The number of nitrogens with zero attached hydrogens (tertiary/aromatic N) is 3. The van der Waals surface area contributed by atoms with Gasteiger partial charge >= 0.3 is 0 Å². The van der Waals surface area contributed by atoms with Crippen LogP contribution in [0.2, 0.25) is 0 Å². The minimum atomic E-state index is 0.619. The molecule has 1 aliphatic rings. The molecule has 126 valence electrons. The molecule has 0 bridgehead atoms. The van der Waals surface area contributed by atoms with Crippen molar-refractivity contribution in [2.45, 2.75) is 25.3 Å². The van der Waals surface area contributed by atoms with Crippen molar-refractivity contribution in [3.63, 3.8) is 0 Å². The van der Waals surface area contributed by atoms with E-state index in [0.717, 1.165) is 25.4 Å². The lowest BCUT2D eigenvalue weighted by molar-refractivity contribution is 0.200. The van der Waals surface area contributed by atoms with E-state index in [4.69, 9.17) is 4.74 Å². The second kappa shape index (κ2) is 6.32. The van der Waals surface area contributed by atoms with Crippen molar-refractivity contribution >= 4 is 10.9 Å². The molecule has 3 aromatic rings. The van der Waals surface area contributed by atoms with Gasteiger partial charge < -0.3 is 9.72 Å². The van der Waals surface area contributed by atoms with Gasteiger partial charge in [0.25, 0.3) is 0 Å². The zero-order chi connectivity index (χ0) is 16.5. The molecule has 1 fully saturated rings. The van der Waals surface area contributed by atoms with E-state index in [1.165, 1.54) is 35.0 Å². The van der Waals surface area contributed by atoms with Crippen molar-refractivity contribution < 1.29 is 4.74 Å². The summed E-state index contributed by atoms with van der Waals surface area (Å²) in [7, 11) is 3.74. The van der Waals surface area contributed by atoms with Crippen LogP contribution in [0.15, 0.2) is 36.7 Å². The number of aromatic nitrogens is 3. The highest BCUT2D eigenvalue weighted by Crippen LogP contribution is 2.34. The van der Waals surface area contributed by atoms with Gasteiger partial charge in [-0.3, -0.25) is 9.58 Å². The highest BCUT2D eigenvalue weighted by Gasteiger charge is 2.23. The predicted octanol–water partition coefficient (Wildman–Crippen LogP) is 3.29. The Hall–Kier alpha value is -2.27. The van der Waals surface area contributed by atoms with E-state index >= 15 is 0 Å². The molecule has 1 saturated heterocycles. The van der Waals surface area contributed by atoms with Gasteiger partial charge in [-0.25, -0.2) is 0 Å². The SMILES string of the molecule is COc1ccc2[nH]cc(C3CCN(Cc4ccnn4C)CC3)c2c1. The summed E-state index contributed by atoms with van der Waals surface area (Å²) in [5, 5.41) is 5.57. The number of aromatic amines is 1. The number of rotatable bonds is 4. The van der Waals surface area contributed by atoms with Crippen molar-refractivity contribution in [1.29, 1.82) is 0 Å². The fraction of sp³-hybridized carbons (Fsp3) is 0.421. The van der Waals surface area contributed by atoms with Gasteiger partial charge in [-0.15, -0.1) is 0 Å². The third-order valence-electron chi connectivity index (χ3n) is 5.26. The van der Waals surface area contributed by atoms with E-state index in [-0.39, 0.29) is 0 Å². The maximum Gasteiger partial charge on any atom is 0.119 e. The van der Waals surface area contributed by atoms with Crippen LogP contribution in [0, 0.1) is 0 Å². The van der Waals surface area contributed by atoms with Gasteiger partial charge in [0.1, 0.15) is 5.75 Å². The van der Waals surface area contributed by atoms with Crippen LogP contribution < -0.4 is 4.74 Å². The van der Waals surface area contributed by atoms with E-state index in [1.54, 1.807) is 7.11 Å². The van der Waals surface area contributed by atoms with Crippen molar-refractivity contribution in [2.75, 3.05) is 20.2 Å². The van der Waals surface area contributed by atoms with Gasteiger partial charge in [-0.1, -0.05) is 0 Å². The molecule has 0 saturated carbocycles. The Morgan fingerprint density at radius 2 is 2.08 bits per heavy atom. The summed E-state index contributed by atoms with van der Waals surface area (Å²) in [5.74, 6) is 1.55. The van der Waals surface area contributed by atoms with Crippen LogP contribution in [0.5, 0.6) is 5.75 Å². The molecule has 4 rings (SSSR count). The van der Waals surface area contributed by atoms with Crippen molar-refractivity contribution in [3.05, 3.63) is 47.9 Å². The number of likely N-dealkylation sites (tertiary alicyclic amines) is 1. The fourth-order valence-corrected chi connectivity index (χ4v) is 3.77. The Bertz CT molecular complexity index is 827. The zero-order valence-electron chi connectivity index (χ0n) is 14.3. The predicted molar refractivity (Wildman–Crippen MR) is 95.3 cm³/mol. The number of hydrogen-bond donors (Lipinski definition) is 1. The number of methoxy groups -OCH3 is 1. The van der Waals surface area contributed by atoms with Gasteiger partial charge in [-0.05, 0) is 61.7 Å². The van der Waals surface area contributed by atoms with Crippen molar-refractivity contribution in [3.8, 4) is 5.75 Å². The molecule has 0 amide bonds. The summed E-state index contributed by atoms with van der Waals surface area (Å²) in [5.41, 5.74) is 3.91. The lowest BCUT2D eigenvalue weighted by atomic mass is 9.89. The molecule has 1 N–H and O–H groups in total. The van der Waals surface area contributed by atoms with Crippen LogP contribution in [-0.4, -0.2) is 39.9 Å². The molecule has 1 aliphatic heterocycles. The molecule has 24 heavy (non-hydrogen) atoms. The lowest BCUT2D eigenvalue weighted by Gasteiger charge is -2.31. The number of piperidine rings is 1. The summed E-state index contributed by atoms with van der Waals surface area (Å²) in [6.07, 6.45) is 6.46. The number of hydrogen-bond acceptors (Lipinski definition) is 3. The molecular formula is C19H24N4O. The second-order valence-corrected chi connectivity index (χ2v) is 6.65. The average Bonchev–Trinajstić information content (AvgIpc) is 3.21. The third kappa shape index (κ3) is 2.80. The number of ether oxygens (including phenoxy) is 1. The summed E-state index contributed by atoms with van der Waals surface area (Å²) < 4.78 is 7.36. The number of benzene rings is 1. The van der Waals surface area contributed by atoms with Gasteiger partial charge in [0.05, 0.1) is 12.8 Å². The first kappa shape index (κ1) is 15.3.